The Labute approximate surface area is 228 Å². The summed E-state index contributed by atoms with van der Waals surface area (Å²) in [6, 6.07) is 28.7. The lowest BCUT2D eigenvalue weighted by atomic mass is 9.95. The van der Waals surface area contributed by atoms with Crippen LogP contribution in [-0.2, 0) is 11.3 Å². The Balaban J connectivity index is 1.73. The Kier molecular flexibility index (Phi) is 9.16. The summed E-state index contributed by atoms with van der Waals surface area (Å²) in [4.78, 5) is 33.5. The van der Waals surface area contributed by atoms with Crippen LogP contribution in [0.25, 0.3) is 11.1 Å². The molecule has 1 atom stereocenters. The molecular weight excluding hydrogens is 494 g/mol. The van der Waals surface area contributed by atoms with Crippen LogP contribution in [0.1, 0.15) is 22.3 Å². The SMILES string of the molecule is CSCCC(C(=O)O)N(C)C(=O)c1ccc(CN(c2ccccc2)c2cccnc2)cc1-c1ccccc1. The number of para-hydroxylation sites is 1. The van der Waals surface area contributed by atoms with E-state index in [-0.39, 0.29) is 5.91 Å². The Morgan fingerprint density at radius 1 is 0.921 bits per heavy atom. The molecule has 6 nitrogen and oxygen atoms in total. The number of anilines is 2. The number of pyridine rings is 1. The molecule has 1 amide bonds. The van der Waals surface area contributed by atoms with Crippen LogP contribution in [0.15, 0.2) is 103 Å². The number of aromatic nitrogens is 1. The van der Waals surface area contributed by atoms with E-state index in [1.165, 1.54) is 4.90 Å². The van der Waals surface area contributed by atoms with Gasteiger partial charge in [-0.25, -0.2) is 4.79 Å². The van der Waals surface area contributed by atoms with Gasteiger partial charge < -0.3 is 14.9 Å². The van der Waals surface area contributed by atoms with Gasteiger partial charge in [-0.05, 0) is 71.5 Å². The zero-order valence-corrected chi connectivity index (χ0v) is 22.3. The third kappa shape index (κ3) is 6.42. The van der Waals surface area contributed by atoms with Crippen LogP contribution < -0.4 is 4.90 Å². The number of rotatable bonds is 11. The molecule has 0 aliphatic carbocycles. The first-order chi connectivity index (χ1) is 18.5. The number of nitrogens with zero attached hydrogens (tertiary/aromatic N) is 3. The zero-order chi connectivity index (χ0) is 26.9. The smallest absolute Gasteiger partial charge is 0.326 e. The summed E-state index contributed by atoms with van der Waals surface area (Å²) < 4.78 is 0. The molecule has 0 aliphatic rings. The molecule has 194 valence electrons. The number of aliphatic carboxylic acids is 1. The Hall–Kier alpha value is -4.10. The van der Waals surface area contributed by atoms with Gasteiger partial charge in [0.2, 0.25) is 0 Å². The van der Waals surface area contributed by atoms with Gasteiger partial charge in [0.05, 0.1) is 11.9 Å². The van der Waals surface area contributed by atoms with Gasteiger partial charge in [-0.1, -0.05) is 54.6 Å². The van der Waals surface area contributed by atoms with Crippen molar-refractivity contribution in [3.8, 4) is 11.1 Å². The van der Waals surface area contributed by atoms with E-state index in [0.717, 1.165) is 28.1 Å². The first-order valence-electron chi connectivity index (χ1n) is 12.4. The molecule has 1 unspecified atom stereocenters. The molecule has 0 saturated carbocycles. The molecule has 0 bridgehead atoms. The van der Waals surface area contributed by atoms with Crippen molar-refractivity contribution in [3.63, 3.8) is 0 Å². The maximum atomic E-state index is 13.7. The highest BCUT2D eigenvalue weighted by Crippen LogP contribution is 2.31. The fourth-order valence-electron chi connectivity index (χ4n) is 4.41. The quantitative estimate of drug-likeness (QED) is 0.245. The molecule has 1 N–H and O–H groups in total. The highest BCUT2D eigenvalue weighted by Gasteiger charge is 2.28. The minimum absolute atomic E-state index is 0.309. The number of carboxylic acid groups (broad SMARTS) is 1. The summed E-state index contributed by atoms with van der Waals surface area (Å²) in [5.41, 5.74) is 5.14. The number of carbonyl (C=O) groups is 2. The second kappa shape index (κ2) is 12.9. The number of hydrogen-bond donors (Lipinski definition) is 1. The van der Waals surface area contributed by atoms with Crippen LogP contribution in [0.5, 0.6) is 0 Å². The van der Waals surface area contributed by atoms with Crippen molar-refractivity contribution in [2.75, 3.05) is 24.0 Å². The summed E-state index contributed by atoms with van der Waals surface area (Å²) in [6.07, 6.45) is 5.89. The van der Waals surface area contributed by atoms with E-state index in [2.05, 4.69) is 22.0 Å². The van der Waals surface area contributed by atoms with Crippen molar-refractivity contribution in [2.45, 2.75) is 19.0 Å². The van der Waals surface area contributed by atoms with Crippen molar-refractivity contribution in [3.05, 3.63) is 115 Å². The van der Waals surface area contributed by atoms with Crippen LogP contribution >= 0.6 is 11.8 Å². The summed E-state index contributed by atoms with van der Waals surface area (Å²) in [5.74, 6) is -0.651. The van der Waals surface area contributed by atoms with Crippen LogP contribution in [0.2, 0.25) is 0 Å². The molecule has 7 heteroatoms. The average Bonchev–Trinajstić information content (AvgIpc) is 2.96. The number of likely N-dealkylation sites (N-methyl/N-ethyl adjacent to an activating group) is 1. The standard InChI is InChI=1S/C31H31N3O3S/c1-33(29(31(36)37)17-19-38-2)30(35)27-16-15-23(20-28(27)24-10-5-3-6-11-24)22-34(25-12-7-4-8-13-25)26-14-9-18-32-21-26/h3-16,18,20-21,29H,17,19,22H2,1-2H3,(H,36,37). The van der Waals surface area contributed by atoms with Gasteiger partial charge in [0.25, 0.3) is 5.91 Å². The summed E-state index contributed by atoms with van der Waals surface area (Å²) in [5, 5.41) is 9.80. The lowest BCUT2D eigenvalue weighted by molar-refractivity contribution is -0.142. The second-order valence-electron chi connectivity index (χ2n) is 8.93. The minimum atomic E-state index is -0.997. The number of carbonyl (C=O) groups excluding carboxylic acids is 1. The molecule has 38 heavy (non-hydrogen) atoms. The van der Waals surface area contributed by atoms with E-state index < -0.39 is 12.0 Å². The molecule has 0 spiro atoms. The van der Waals surface area contributed by atoms with E-state index in [0.29, 0.717) is 24.3 Å². The first-order valence-corrected chi connectivity index (χ1v) is 13.8. The van der Waals surface area contributed by atoms with Crippen molar-refractivity contribution in [2.24, 2.45) is 0 Å². The molecule has 0 saturated heterocycles. The molecule has 4 aromatic rings. The molecule has 0 radical (unpaired) electrons. The molecule has 0 fully saturated rings. The number of amides is 1. The highest BCUT2D eigenvalue weighted by atomic mass is 32.2. The van der Waals surface area contributed by atoms with Crippen LogP contribution in [0, 0.1) is 0 Å². The lowest BCUT2D eigenvalue weighted by Gasteiger charge is -2.27. The maximum Gasteiger partial charge on any atom is 0.326 e. The molecule has 1 aromatic heterocycles. The third-order valence-corrected chi connectivity index (χ3v) is 7.08. The van der Waals surface area contributed by atoms with E-state index >= 15 is 0 Å². The van der Waals surface area contributed by atoms with Crippen molar-refractivity contribution in [1.82, 2.24) is 9.88 Å². The molecule has 0 aliphatic heterocycles. The van der Waals surface area contributed by atoms with Crippen LogP contribution in [0.3, 0.4) is 0 Å². The summed E-state index contributed by atoms with van der Waals surface area (Å²) in [6.45, 7) is 0.561. The highest BCUT2D eigenvalue weighted by molar-refractivity contribution is 7.98. The van der Waals surface area contributed by atoms with E-state index in [1.807, 2.05) is 91.3 Å². The largest absolute Gasteiger partial charge is 0.480 e. The van der Waals surface area contributed by atoms with Gasteiger partial charge in [-0.2, -0.15) is 11.8 Å². The third-order valence-electron chi connectivity index (χ3n) is 6.43. The fourth-order valence-corrected chi connectivity index (χ4v) is 4.87. The monoisotopic (exact) mass is 525 g/mol. The van der Waals surface area contributed by atoms with Crippen LogP contribution in [0.4, 0.5) is 11.4 Å². The van der Waals surface area contributed by atoms with Gasteiger partial charge in [0, 0.05) is 31.0 Å². The van der Waals surface area contributed by atoms with Gasteiger partial charge in [-0.15, -0.1) is 0 Å². The second-order valence-corrected chi connectivity index (χ2v) is 9.92. The van der Waals surface area contributed by atoms with Crippen molar-refractivity contribution >= 4 is 35.0 Å². The Morgan fingerprint density at radius 2 is 1.61 bits per heavy atom. The van der Waals surface area contributed by atoms with E-state index in [4.69, 9.17) is 0 Å². The molecular formula is C31H31N3O3S. The molecule has 3 aromatic carbocycles. The predicted octanol–water partition coefficient (Wildman–Crippen LogP) is 6.37. The Morgan fingerprint density at radius 3 is 2.24 bits per heavy atom. The van der Waals surface area contributed by atoms with Crippen LogP contribution in [-0.4, -0.2) is 52.0 Å². The zero-order valence-electron chi connectivity index (χ0n) is 21.5. The molecule has 1 heterocycles. The number of hydrogen-bond acceptors (Lipinski definition) is 5. The van der Waals surface area contributed by atoms with Crippen molar-refractivity contribution < 1.29 is 14.7 Å². The van der Waals surface area contributed by atoms with Gasteiger partial charge in [0.1, 0.15) is 6.04 Å². The Bertz CT molecular complexity index is 1310. The van der Waals surface area contributed by atoms with Gasteiger partial charge in [-0.3, -0.25) is 9.78 Å². The number of carboxylic acids is 1. The van der Waals surface area contributed by atoms with E-state index in [9.17, 15) is 14.7 Å². The average molecular weight is 526 g/mol. The van der Waals surface area contributed by atoms with Gasteiger partial charge >= 0.3 is 5.97 Å². The van der Waals surface area contributed by atoms with Crippen molar-refractivity contribution in [1.29, 1.82) is 0 Å². The predicted molar refractivity (Wildman–Crippen MR) is 155 cm³/mol. The maximum absolute atomic E-state index is 13.7. The van der Waals surface area contributed by atoms with Gasteiger partial charge in [0.15, 0.2) is 0 Å². The normalized spacial score (nSPS) is 11.5. The van der Waals surface area contributed by atoms with E-state index in [1.54, 1.807) is 25.0 Å². The summed E-state index contributed by atoms with van der Waals surface area (Å²) in [7, 11) is 1.57. The lowest BCUT2D eigenvalue weighted by Crippen LogP contribution is -2.43. The first kappa shape index (κ1) is 26.9. The minimum Gasteiger partial charge on any atom is -0.480 e. The number of thioether (sulfide) groups is 1. The fraction of sp³-hybridized carbons (Fsp3) is 0.194. The number of benzene rings is 3. The molecule has 4 rings (SSSR count). The summed E-state index contributed by atoms with van der Waals surface area (Å²) >= 11 is 1.57. The topological polar surface area (TPSA) is 73.7 Å².